The number of amides is 1. The summed E-state index contributed by atoms with van der Waals surface area (Å²) in [6.45, 7) is 1.97. The van der Waals surface area contributed by atoms with Crippen molar-refractivity contribution in [3.8, 4) is 0 Å². The van der Waals surface area contributed by atoms with Crippen molar-refractivity contribution in [1.29, 1.82) is 0 Å². The maximum absolute atomic E-state index is 11.7. The summed E-state index contributed by atoms with van der Waals surface area (Å²) in [5.74, 6) is -0.437. The van der Waals surface area contributed by atoms with Crippen LogP contribution < -0.4 is 0 Å². The average Bonchev–Trinajstić information content (AvgIpc) is 2.71. The molecule has 6 heteroatoms. The SMILES string of the molecule is CCOC(=O)N1C(OC)CC[C@H]1C(=O)OC. The number of nitrogens with zero attached hydrogens (tertiary/aromatic N) is 1. The van der Waals surface area contributed by atoms with Crippen molar-refractivity contribution < 1.29 is 23.8 Å². The van der Waals surface area contributed by atoms with Crippen molar-refractivity contribution in [2.45, 2.75) is 32.0 Å². The second kappa shape index (κ2) is 5.69. The van der Waals surface area contributed by atoms with Gasteiger partial charge in [-0.1, -0.05) is 0 Å². The van der Waals surface area contributed by atoms with Gasteiger partial charge in [0.1, 0.15) is 12.3 Å². The number of rotatable bonds is 3. The first-order valence-electron chi connectivity index (χ1n) is 5.21. The average molecular weight is 231 g/mol. The third-order valence-corrected chi connectivity index (χ3v) is 2.56. The lowest BCUT2D eigenvalue weighted by molar-refractivity contribution is -0.147. The Balaban J connectivity index is 2.78. The molecule has 1 unspecified atom stereocenters. The molecule has 0 aromatic heterocycles. The number of hydrogen-bond acceptors (Lipinski definition) is 5. The number of esters is 1. The van der Waals surface area contributed by atoms with E-state index in [1.165, 1.54) is 19.1 Å². The molecule has 0 spiro atoms. The number of carbonyl (C=O) groups excluding carboxylic acids is 2. The molecular weight excluding hydrogens is 214 g/mol. The molecule has 0 aromatic carbocycles. The van der Waals surface area contributed by atoms with E-state index >= 15 is 0 Å². The highest BCUT2D eigenvalue weighted by Crippen LogP contribution is 2.26. The number of ether oxygens (including phenoxy) is 3. The van der Waals surface area contributed by atoms with Crippen molar-refractivity contribution in [1.82, 2.24) is 4.90 Å². The molecule has 0 radical (unpaired) electrons. The Morgan fingerprint density at radius 1 is 1.31 bits per heavy atom. The third-order valence-electron chi connectivity index (χ3n) is 2.56. The smallest absolute Gasteiger partial charge is 0.412 e. The van der Waals surface area contributed by atoms with E-state index in [0.717, 1.165) is 0 Å². The zero-order chi connectivity index (χ0) is 12.1. The first-order chi connectivity index (χ1) is 7.65. The van der Waals surface area contributed by atoms with E-state index in [-0.39, 0.29) is 6.61 Å². The lowest BCUT2D eigenvalue weighted by atomic mass is 10.2. The maximum atomic E-state index is 11.7. The Morgan fingerprint density at radius 2 is 2.00 bits per heavy atom. The van der Waals surface area contributed by atoms with Gasteiger partial charge in [-0.2, -0.15) is 0 Å². The predicted octanol–water partition coefficient (Wildman–Crippen LogP) is 0.753. The summed E-state index contributed by atoms with van der Waals surface area (Å²) in [6.07, 6.45) is 0.185. The van der Waals surface area contributed by atoms with Crippen LogP contribution in [-0.2, 0) is 19.0 Å². The van der Waals surface area contributed by atoms with Crippen LogP contribution in [0.3, 0.4) is 0 Å². The number of hydrogen-bond donors (Lipinski definition) is 0. The normalized spacial score (nSPS) is 24.3. The monoisotopic (exact) mass is 231 g/mol. The van der Waals surface area contributed by atoms with E-state index in [1.54, 1.807) is 6.92 Å². The van der Waals surface area contributed by atoms with Crippen molar-refractivity contribution in [2.75, 3.05) is 20.8 Å². The minimum absolute atomic E-state index is 0.264. The molecule has 1 saturated heterocycles. The van der Waals surface area contributed by atoms with Crippen LogP contribution in [0.25, 0.3) is 0 Å². The fourth-order valence-corrected chi connectivity index (χ4v) is 1.82. The number of likely N-dealkylation sites (tertiary alicyclic amines) is 1. The molecule has 16 heavy (non-hydrogen) atoms. The summed E-state index contributed by atoms with van der Waals surface area (Å²) in [7, 11) is 2.79. The minimum atomic E-state index is -0.603. The predicted molar refractivity (Wildman–Crippen MR) is 54.7 cm³/mol. The summed E-state index contributed by atoms with van der Waals surface area (Å²) in [6, 6.07) is -0.603. The van der Waals surface area contributed by atoms with E-state index in [4.69, 9.17) is 9.47 Å². The van der Waals surface area contributed by atoms with E-state index in [0.29, 0.717) is 12.8 Å². The molecule has 1 rings (SSSR count). The minimum Gasteiger partial charge on any atom is -0.467 e. The summed E-state index contributed by atoms with van der Waals surface area (Å²) in [5.41, 5.74) is 0. The van der Waals surface area contributed by atoms with E-state index < -0.39 is 24.3 Å². The molecule has 0 saturated carbocycles. The molecule has 1 heterocycles. The van der Waals surface area contributed by atoms with Crippen LogP contribution >= 0.6 is 0 Å². The molecular formula is C10H17NO5. The van der Waals surface area contributed by atoms with Crippen LogP contribution in [0.4, 0.5) is 4.79 Å². The lowest BCUT2D eigenvalue weighted by Crippen LogP contribution is -2.46. The molecule has 6 nitrogen and oxygen atoms in total. The molecule has 1 aliphatic rings. The number of methoxy groups -OCH3 is 2. The maximum Gasteiger partial charge on any atom is 0.412 e. The van der Waals surface area contributed by atoms with E-state index in [2.05, 4.69) is 4.74 Å². The summed E-state index contributed by atoms with van der Waals surface area (Å²) in [4.78, 5) is 24.4. The zero-order valence-corrected chi connectivity index (χ0v) is 9.76. The van der Waals surface area contributed by atoms with Gasteiger partial charge in [-0.15, -0.1) is 0 Å². The number of carbonyl (C=O) groups is 2. The van der Waals surface area contributed by atoms with Gasteiger partial charge < -0.3 is 14.2 Å². The van der Waals surface area contributed by atoms with Crippen molar-refractivity contribution in [2.24, 2.45) is 0 Å². The molecule has 1 amide bonds. The van der Waals surface area contributed by atoms with Gasteiger partial charge in [0.2, 0.25) is 0 Å². The van der Waals surface area contributed by atoms with E-state index in [9.17, 15) is 9.59 Å². The van der Waals surface area contributed by atoms with Gasteiger partial charge in [0.05, 0.1) is 13.7 Å². The van der Waals surface area contributed by atoms with Gasteiger partial charge in [0.15, 0.2) is 0 Å². The second-order valence-corrected chi connectivity index (χ2v) is 3.41. The molecule has 1 aliphatic heterocycles. The molecule has 92 valence electrons. The second-order valence-electron chi connectivity index (χ2n) is 3.41. The van der Waals surface area contributed by atoms with Gasteiger partial charge in [-0.3, -0.25) is 4.90 Å². The lowest BCUT2D eigenvalue weighted by Gasteiger charge is -2.26. The highest BCUT2D eigenvalue weighted by molar-refractivity contribution is 5.82. The standard InChI is InChI=1S/C10H17NO5/c1-4-16-10(13)11-7(9(12)15-3)5-6-8(11)14-2/h7-8H,4-6H2,1-3H3/t7-,8?/m0/s1. The Hall–Kier alpha value is -1.30. The van der Waals surface area contributed by atoms with Crippen LogP contribution in [-0.4, -0.2) is 50.1 Å². The molecule has 0 bridgehead atoms. The van der Waals surface area contributed by atoms with Gasteiger partial charge in [-0.25, -0.2) is 9.59 Å². The Bertz CT molecular complexity index is 268. The first kappa shape index (κ1) is 12.8. The molecule has 2 atom stereocenters. The Kier molecular flexibility index (Phi) is 4.54. The topological polar surface area (TPSA) is 65.1 Å². The van der Waals surface area contributed by atoms with Crippen LogP contribution in [0, 0.1) is 0 Å². The van der Waals surface area contributed by atoms with Crippen LogP contribution in [0.2, 0.25) is 0 Å². The van der Waals surface area contributed by atoms with Crippen molar-refractivity contribution >= 4 is 12.1 Å². The first-order valence-corrected chi connectivity index (χ1v) is 5.21. The molecule has 1 fully saturated rings. The molecule has 0 N–H and O–H groups in total. The van der Waals surface area contributed by atoms with Crippen LogP contribution in [0.15, 0.2) is 0 Å². The highest BCUT2D eigenvalue weighted by Gasteiger charge is 2.42. The Morgan fingerprint density at radius 3 is 2.50 bits per heavy atom. The van der Waals surface area contributed by atoms with Gasteiger partial charge in [-0.05, 0) is 19.8 Å². The van der Waals surface area contributed by atoms with Crippen LogP contribution in [0.1, 0.15) is 19.8 Å². The fourth-order valence-electron chi connectivity index (χ4n) is 1.82. The van der Waals surface area contributed by atoms with E-state index in [1.807, 2.05) is 0 Å². The van der Waals surface area contributed by atoms with Gasteiger partial charge >= 0.3 is 12.1 Å². The summed E-state index contributed by atoms with van der Waals surface area (Å²) in [5, 5.41) is 0. The van der Waals surface area contributed by atoms with Gasteiger partial charge in [0.25, 0.3) is 0 Å². The largest absolute Gasteiger partial charge is 0.467 e. The quantitative estimate of drug-likeness (QED) is 0.671. The summed E-state index contributed by atoms with van der Waals surface area (Å²) >= 11 is 0. The molecule has 0 aromatic rings. The Labute approximate surface area is 94.4 Å². The highest BCUT2D eigenvalue weighted by atomic mass is 16.6. The van der Waals surface area contributed by atoms with Crippen molar-refractivity contribution in [3.05, 3.63) is 0 Å². The zero-order valence-electron chi connectivity index (χ0n) is 9.76. The summed E-state index contributed by atoms with van der Waals surface area (Å²) < 4.78 is 14.7. The molecule has 0 aliphatic carbocycles. The van der Waals surface area contributed by atoms with Gasteiger partial charge in [0, 0.05) is 7.11 Å². The van der Waals surface area contributed by atoms with Crippen LogP contribution in [0.5, 0.6) is 0 Å². The fraction of sp³-hybridized carbons (Fsp3) is 0.800. The third kappa shape index (κ3) is 2.44. The van der Waals surface area contributed by atoms with Crippen molar-refractivity contribution in [3.63, 3.8) is 0 Å².